The van der Waals surface area contributed by atoms with Gasteiger partial charge in [0, 0.05) is 16.6 Å². The van der Waals surface area contributed by atoms with Crippen LogP contribution in [0.3, 0.4) is 0 Å². The van der Waals surface area contributed by atoms with Gasteiger partial charge in [0.05, 0.1) is 18.1 Å². The third-order valence-corrected chi connectivity index (χ3v) is 5.48. The highest BCUT2D eigenvalue weighted by atomic mass is 79.9. The fourth-order valence-electron chi connectivity index (χ4n) is 3.50. The molecule has 1 unspecified atom stereocenters. The van der Waals surface area contributed by atoms with Crippen molar-refractivity contribution < 1.29 is 13.9 Å². The second-order valence-electron chi connectivity index (χ2n) is 6.79. The Labute approximate surface area is 183 Å². The summed E-state index contributed by atoms with van der Waals surface area (Å²) in [4.78, 5) is 13.6. The fraction of sp³-hybridized carbons (Fsp3) is 0.160. The summed E-state index contributed by atoms with van der Waals surface area (Å²) in [5.41, 5.74) is 2.61. The van der Waals surface area contributed by atoms with E-state index >= 15 is 0 Å². The molecule has 0 aliphatic carbocycles. The molecule has 0 saturated heterocycles. The third-order valence-electron chi connectivity index (χ3n) is 4.95. The summed E-state index contributed by atoms with van der Waals surface area (Å²) >= 11 is 3.47. The maximum atomic E-state index is 13.6. The summed E-state index contributed by atoms with van der Waals surface area (Å²) in [6.07, 6.45) is -0.555. The second kappa shape index (κ2) is 8.86. The molecule has 4 rings (SSSR count). The third kappa shape index (κ3) is 3.91. The van der Waals surface area contributed by atoms with Gasteiger partial charge in [-0.2, -0.15) is 0 Å². The fourth-order valence-corrected chi connectivity index (χ4v) is 3.77. The molecular weight excluding hydrogens is 444 g/mol. The summed E-state index contributed by atoms with van der Waals surface area (Å²) in [5, 5.41) is 0.534. The first-order valence-corrected chi connectivity index (χ1v) is 10.5. The van der Waals surface area contributed by atoms with Crippen LogP contribution in [0.5, 0.6) is 5.75 Å². The summed E-state index contributed by atoms with van der Waals surface area (Å²) in [5.74, 6) is 1.24. The number of fused-ring (bicyclic) bond motifs is 1. The van der Waals surface area contributed by atoms with Crippen LogP contribution in [0.2, 0.25) is 0 Å². The topological polar surface area (TPSA) is 48.7 Å². The van der Waals surface area contributed by atoms with E-state index in [2.05, 4.69) is 15.9 Å². The van der Waals surface area contributed by atoms with Crippen molar-refractivity contribution in [1.82, 2.24) is 0 Å². The molecule has 30 heavy (non-hydrogen) atoms. The minimum atomic E-state index is -0.555. The minimum Gasteiger partial charge on any atom is -0.497 e. The van der Waals surface area contributed by atoms with Crippen molar-refractivity contribution in [3.05, 3.63) is 98.6 Å². The number of para-hydroxylation sites is 1. The molecule has 1 heterocycles. The first-order chi connectivity index (χ1) is 14.6. The van der Waals surface area contributed by atoms with Gasteiger partial charge in [-0.1, -0.05) is 40.2 Å². The SMILES string of the molecule is CCOC(c1ccc(Br)cc1)c1c(-c2ccc(OC)cc2)oc2ccccc2c1=O. The molecule has 152 valence electrons. The van der Waals surface area contributed by atoms with Crippen molar-refractivity contribution in [3.8, 4) is 17.1 Å². The molecule has 3 aromatic carbocycles. The lowest BCUT2D eigenvalue weighted by atomic mass is 9.95. The first kappa shape index (κ1) is 20.4. The molecule has 0 N–H and O–H groups in total. The van der Waals surface area contributed by atoms with Crippen molar-refractivity contribution in [3.63, 3.8) is 0 Å². The van der Waals surface area contributed by atoms with E-state index in [1.807, 2.05) is 73.7 Å². The molecule has 0 amide bonds. The van der Waals surface area contributed by atoms with Gasteiger partial charge in [0.25, 0.3) is 0 Å². The van der Waals surface area contributed by atoms with Gasteiger partial charge in [-0.3, -0.25) is 4.79 Å². The van der Waals surface area contributed by atoms with E-state index in [0.717, 1.165) is 21.3 Å². The molecule has 1 aromatic heterocycles. The quantitative estimate of drug-likeness (QED) is 0.333. The maximum Gasteiger partial charge on any atom is 0.199 e. The zero-order chi connectivity index (χ0) is 21.1. The molecule has 0 fully saturated rings. The Hall–Kier alpha value is -2.89. The van der Waals surface area contributed by atoms with Crippen molar-refractivity contribution >= 4 is 26.9 Å². The predicted molar refractivity (Wildman–Crippen MR) is 122 cm³/mol. The van der Waals surface area contributed by atoms with E-state index in [0.29, 0.717) is 28.9 Å². The highest BCUT2D eigenvalue weighted by molar-refractivity contribution is 9.10. The van der Waals surface area contributed by atoms with Gasteiger partial charge < -0.3 is 13.9 Å². The van der Waals surface area contributed by atoms with E-state index in [-0.39, 0.29) is 5.43 Å². The average molecular weight is 465 g/mol. The number of methoxy groups -OCH3 is 1. The average Bonchev–Trinajstić information content (AvgIpc) is 2.79. The van der Waals surface area contributed by atoms with Crippen molar-refractivity contribution in [1.29, 1.82) is 0 Å². The molecule has 0 bridgehead atoms. The Morgan fingerprint density at radius 3 is 2.33 bits per heavy atom. The van der Waals surface area contributed by atoms with Crippen LogP contribution in [0.4, 0.5) is 0 Å². The Bertz CT molecular complexity index is 1210. The highest BCUT2D eigenvalue weighted by Crippen LogP contribution is 2.35. The number of hydrogen-bond acceptors (Lipinski definition) is 4. The van der Waals surface area contributed by atoms with Crippen molar-refractivity contribution in [2.24, 2.45) is 0 Å². The zero-order valence-electron chi connectivity index (χ0n) is 16.7. The largest absolute Gasteiger partial charge is 0.497 e. The van der Waals surface area contributed by atoms with Gasteiger partial charge in [0.1, 0.15) is 23.2 Å². The first-order valence-electron chi connectivity index (χ1n) is 9.69. The Morgan fingerprint density at radius 2 is 1.67 bits per heavy atom. The van der Waals surface area contributed by atoms with Gasteiger partial charge in [0.15, 0.2) is 5.43 Å². The van der Waals surface area contributed by atoms with Crippen LogP contribution in [0, 0.1) is 0 Å². The molecule has 4 nitrogen and oxygen atoms in total. The molecule has 0 aliphatic heterocycles. The maximum absolute atomic E-state index is 13.6. The lowest BCUT2D eigenvalue weighted by molar-refractivity contribution is 0.0901. The minimum absolute atomic E-state index is 0.0935. The number of ether oxygens (including phenoxy) is 2. The number of rotatable bonds is 6. The van der Waals surface area contributed by atoms with Gasteiger partial charge in [-0.15, -0.1) is 0 Å². The van der Waals surface area contributed by atoms with E-state index in [1.165, 1.54) is 0 Å². The summed E-state index contributed by atoms with van der Waals surface area (Å²) < 4.78 is 18.6. The number of benzene rings is 3. The van der Waals surface area contributed by atoms with Crippen molar-refractivity contribution in [2.45, 2.75) is 13.0 Å². The van der Waals surface area contributed by atoms with Crippen LogP contribution in [-0.2, 0) is 4.74 Å². The standard InChI is InChI=1S/C25H21BrO4/c1-3-29-24(16-8-12-18(26)13-9-16)22-23(27)20-6-4-5-7-21(20)30-25(22)17-10-14-19(28-2)15-11-17/h4-15,24H,3H2,1-2H3. The van der Waals surface area contributed by atoms with Gasteiger partial charge in [-0.25, -0.2) is 0 Å². The monoisotopic (exact) mass is 464 g/mol. The second-order valence-corrected chi connectivity index (χ2v) is 7.70. The molecule has 0 spiro atoms. The Balaban J connectivity index is 2.00. The molecule has 5 heteroatoms. The lowest BCUT2D eigenvalue weighted by Gasteiger charge is -2.20. The molecule has 0 aliphatic rings. The lowest BCUT2D eigenvalue weighted by Crippen LogP contribution is -2.19. The summed E-state index contributed by atoms with van der Waals surface area (Å²) in [6.45, 7) is 2.37. The van der Waals surface area contributed by atoms with E-state index in [9.17, 15) is 4.79 Å². The molecule has 1 atom stereocenters. The molecule has 0 radical (unpaired) electrons. The Morgan fingerprint density at radius 1 is 0.967 bits per heavy atom. The zero-order valence-corrected chi connectivity index (χ0v) is 18.3. The van der Waals surface area contributed by atoms with Gasteiger partial charge >= 0.3 is 0 Å². The van der Waals surface area contributed by atoms with E-state index < -0.39 is 6.10 Å². The Kier molecular flexibility index (Phi) is 6.02. The molecular formula is C25H21BrO4. The van der Waals surface area contributed by atoms with Crippen LogP contribution in [0.15, 0.2) is 86.5 Å². The normalized spacial score (nSPS) is 12.1. The highest BCUT2D eigenvalue weighted by Gasteiger charge is 2.26. The predicted octanol–water partition coefficient (Wildman–Crippen LogP) is 6.36. The van der Waals surface area contributed by atoms with E-state index in [4.69, 9.17) is 13.9 Å². The van der Waals surface area contributed by atoms with Crippen molar-refractivity contribution in [2.75, 3.05) is 13.7 Å². The summed E-state index contributed by atoms with van der Waals surface area (Å²) in [7, 11) is 1.62. The van der Waals surface area contributed by atoms with Crippen LogP contribution in [-0.4, -0.2) is 13.7 Å². The molecule has 4 aromatic rings. The van der Waals surface area contributed by atoms with Crippen LogP contribution in [0.25, 0.3) is 22.3 Å². The van der Waals surface area contributed by atoms with E-state index in [1.54, 1.807) is 13.2 Å². The smallest absolute Gasteiger partial charge is 0.199 e. The summed E-state index contributed by atoms with van der Waals surface area (Å²) in [6, 6.07) is 22.6. The van der Waals surface area contributed by atoms with Gasteiger partial charge in [0.2, 0.25) is 0 Å². The van der Waals surface area contributed by atoms with Gasteiger partial charge in [-0.05, 0) is 61.0 Å². The van der Waals surface area contributed by atoms with Crippen LogP contribution < -0.4 is 10.2 Å². The van der Waals surface area contributed by atoms with Crippen LogP contribution in [0.1, 0.15) is 24.2 Å². The number of hydrogen-bond donors (Lipinski definition) is 0. The van der Waals surface area contributed by atoms with Crippen LogP contribution >= 0.6 is 15.9 Å². The number of halogens is 1. The molecule has 0 saturated carbocycles.